The number of pyridine rings is 1. The maximum atomic E-state index is 12.4. The van der Waals surface area contributed by atoms with Gasteiger partial charge in [0.15, 0.2) is 0 Å². The van der Waals surface area contributed by atoms with Gasteiger partial charge < -0.3 is 9.30 Å². The van der Waals surface area contributed by atoms with Crippen LogP contribution in [-0.4, -0.2) is 20.9 Å². The van der Waals surface area contributed by atoms with Gasteiger partial charge in [0.1, 0.15) is 5.75 Å². The Balaban J connectivity index is 0.00000150. The van der Waals surface area contributed by atoms with Gasteiger partial charge >= 0.3 is 6.36 Å². The van der Waals surface area contributed by atoms with E-state index in [9.17, 15) is 13.2 Å². The number of rotatable bonds is 3. The molecule has 0 fully saturated rings. The summed E-state index contributed by atoms with van der Waals surface area (Å²) in [4.78, 5) is 8.68. The van der Waals surface area contributed by atoms with Gasteiger partial charge in [0, 0.05) is 29.0 Å². The minimum atomic E-state index is -4.71. The van der Waals surface area contributed by atoms with Gasteiger partial charge in [0.05, 0.1) is 17.5 Å². The first-order valence-electron chi connectivity index (χ1n) is 8.15. The fourth-order valence-corrected chi connectivity index (χ4v) is 2.96. The van der Waals surface area contributed by atoms with Gasteiger partial charge in [0.2, 0.25) is 0 Å². The molecule has 0 aliphatic carbocycles. The van der Waals surface area contributed by atoms with E-state index < -0.39 is 6.36 Å². The van der Waals surface area contributed by atoms with Crippen LogP contribution in [0.2, 0.25) is 0 Å². The first-order chi connectivity index (χ1) is 12.9. The number of aromatic nitrogens is 3. The maximum Gasteiger partial charge on any atom is 0.573 e. The van der Waals surface area contributed by atoms with Crippen molar-refractivity contribution in [2.75, 3.05) is 0 Å². The molecular formula is C20H16Cl2F3N3O. The summed E-state index contributed by atoms with van der Waals surface area (Å²) in [7, 11) is 0. The van der Waals surface area contributed by atoms with Crippen molar-refractivity contribution in [1.82, 2.24) is 14.5 Å². The molecule has 0 saturated carbocycles. The van der Waals surface area contributed by atoms with E-state index in [4.69, 9.17) is 0 Å². The fraction of sp³-hybridized carbons (Fsp3) is 0.100. The number of hydrogen-bond donors (Lipinski definition) is 0. The summed E-state index contributed by atoms with van der Waals surface area (Å²) < 4.78 is 43.0. The zero-order chi connectivity index (χ0) is 19.0. The van der Waals surface area contributed by atoms with Gasteiger partial charge in [-0.15, -0.1) is 38.0 Å². The Kier molecular flexibility index (Phi) is 6.77. The minimum absolute atomic E-state index is 0. The third-order valence-electron chi connectivity index (χ3n) is 4.18. The molecule has 29 heavy (non-hydrogen) atoms. The molecule has 4 aromatic rings. The highest BCUT2D eigenvalue weighted by molar-refractivity contribution is 5.86. The molecule has 2 heterocycles. The van der Waals surface area contributed by atoms with Gasteiger partial charge in [0.25, 0.3) is 0 Å². The van der Waals surface area contributed by atoms with Crippen molar-refractivity contribution in [2.45, 2.75) is 13.3 Å². The van der Waals surface area contributed by atoms with Crippen LogP contribution in [0.1, 0.15) is 5.56 Å². The molecule has 0 saturated heterocycles. The van der Waals surface area contributed by atoms with E-state index in [1.807, 2.05) is 41.1 Å². The number of benzene rings is 2. The molecule has 0 N–H and O–H groups in total. The predicted molar refractivity (Wildman–Crippen MR) is 110 cm³/mol. The van der Waals surface area contributed by atoms with Crippen LogP contribution < -0.4 is 4.74 Å². The molecule has 0 aliphatic rings. The molecule has 0 aliphatic heterocycles. The molecule has 0 atom stereocenters. The fourth-order valence-electron chi connectivity index (χ4n) is 2.96. The van der Waals surface area contributed by atoms with Crippen LogP contribution in [0.5, 0.6) is 5.75 Å². The van der Waals surface area contributed by atoms with Crippen LogP contribution in [0, 0.1) is 6.92 Å². The number of halogens is 5. The highest BCUT2D eigenvalue weighted by Crippen LogP contribution is 2.30. The molecule has 0 bridgehead atoms. The predicted octanol–water partition coefficient (Wildman–Crippen LogP) is 6.14. The van der Waals surface area contributed by atoms with E-state index in [1.54, 1.807) is 25.5 Å². The molecule has 0 amide bonds. The van der Waals surface area contributed by atoms with Crippen molar-refractivity contribution in [1.29, 1.82) is 0 Å². The van der Waals surface area contributed by atoms with E-state index in [0.29, 0.717) is 11.3 Å². The average molecular weight is 442 g/mol. The third kappa shape index (κ3) is 4.99. The van der Waals surface area contributed by atoms with E-state index in [1.165, 1.54) is 12.1 Å². The number of imidazole rings is 1. The van der Waals surface area contributed by atoms with Crippen molar-refractivity contribution in [3.05, 3.63) is 72.8 Å². The second-order valence-corrected chi connectivity index (χ2v) is 6.07. The minimum Gasteiger partial charge on any atom is -0.406 e. The summed E-state index contributed by atoms with van der Waals surface area (Å²) in [6.07, 6.45) is 0.580. The average Bonchev–Trinajstić information content (AvgIpc) is 3.14. The Morgan fingerprint density at radius 3 is 2.41 bits per heavy atom. The van der Waals surface area contributed by atoms with Crippen molar-refractivity contribution < 1.29 is 17.9 Å². The van der Waals surface area contributed by atoms with Crippen LogP contribution in [0.25, 0.3) is 27.8 Å². The van der Waals surface area contributed by atoms with Crippen molar-refractivity contribution >= 4 is 35.7 Å². The lowest BCUT2D eigenvalue weighted by Crippen LogP contribution is -2.17. The summed E-state index contributed by atoms with van der Waals surface area (Å²) in [6, 6.07) is 13.9. The summed E-state index contributed by atoms with van der Waals surface area (Å²) >= 11 is 0. The maximum absolute atomic E-state index is 12.4. The van der Waals surface area contributed by atoms with E-state index in [2.05, 4.69) is 14.7 Å². The Morgan fingerprint density at radius 1 is 0.966 bits per heavy atom. The van der Waals surface area contributed by atoms with Gasteiger partial charge in [-0.3, -0.25) is 0 Å². The second-order valence-electron chi connectivity index (χ2n) is 6.07. The standard InChI is InChI=1S/C20H14F3N3O.2ClH/c1-13-10-16(27-20(21,22)23)4-5-17(13)19-6-2-14-11-15(3-7-18(14)25-19)26-9-8-24-12-26;;/h2-12H,1H3;2*1H. The van der Waals surface area contributed by atoms with Gasteiger partial charge in [-0.25, -0.2) is 9.97 Å². The number of aryl methyl sites for hydroxylation is 1. The lowest BCUT2D eigenvalue weighted by molar-refractivity contribution is -0.274. The Hall–Kier alpha value is -2.77. The van der Waals surface area contributed by atoms with Gasteiger partial charge in [-0.2, -0.15) is 0 Å². The highest BCUT2D eigenvalue weighted by atomic mass is 35.5. The molecule has 2 aromatic heterocycles. The zero-order valence-electron chi connectivity index (χ0n) is 15.1. The Labute approximate surface area is 177 Å². The second kappa shape index (κ2) is 8.71. The van der Waals surface area contributed by atoms with E-state index in [-0.39, 0.29) is 30.6 Å². The first-order valence-corrected chi connectivity index (χ1v) is 8.15. The molecule has 0 unspecified atom stereocenters. The molecule has 0 spiro atoms. The first kappa shape index (κ1) is 22.5. The SMILES string of the molecule is Cc1cc(OC(F)(F)F)ccc1-c1ccc2cc(-n3ccnc3)ccc2n1.Cl.Cl. The lowest BCUT2D eigenvalue weighted by atomic mass is 10.0. The normalized spacial score (nSPS) is 10.9. The largest absolute Gasteiger partial charge is 0.573 e. The molecule has 9 heteroatoms. The van der Waals surface area contributed by atoms with Gasteiger partial charge in [-0.1, -0.05) is 6.07 Å². The van der Waals surface area contributed by atoms with Crippen LogP contribution in [-0.2, 0) is 0 Å². The topological polar surface area (TPSA) is 39.9 Å². The summed E-state index contributed by atoms with van der Waals surface area (Å²) in [6.45, 7) is 1.73. The van der Waals surface area contributed by atoms with Crippen molar-refractivity contribution in [3.8, 4) is 22.7 Å². The number of hydrogen-bond acceptors (Lipinski definition) is 3. The van der Waals surface area contributed by atoms with Crippen LogP contribution in [0.4, 0.5) is 13.2 Å². The third-order valence-corrected chi connectivity index (χ3v) is 4.18. The lowest BCUT2D eigenvalue weighted by Gasteiger charge is -2.12. The van der Waals surface area contributed by atoms with Crippen LogP contribution in [0.15, 0.2) is 67.3 Å². The van der Waals surface area contributed by atoms with Crippen LogP contribution in [0.3, 0.4) is 0 Å². The summed E-state index contributed by atoms with van der Waals surface area (Å²) in [5.41, 5.74) is 3.86. The van der Waals surface area contributed by atoms with Gasteiger partial charge in [-0.05, 0) is 55.0 Å². The molecular weight excluding hydrogens is 426 g/mol. The highest BCUT2D eigenvalue weighted by Gasteiger charge is 2.31. The van der Waals surface area contributed by atoms with Crippen LogP contribution >= 0.6 is 24.8 Å². The number of fused-ring (bicyclic) bond motifs is 1. The zero-order valence-corrected chi connectivity index (χ0v) is 16.7. The Morgan fingerprint density at radius 2 is 1.76 bits per heavy atom. The summed E-state index contributed by atoms with van der Waals surface area (Å²) in [5.74, 6) is -0.241. The smallest absolute Gasteiger partial charge is 0.406 e. The molecule has 2 aromatic carbocycles. The molecule has 152 valence electrons. The van der Waals surface area contributed by atoms with Crippen molar-refractivity contribution in [3.63, 3.8) is 0 Å². The Bertz CT molecular complexity index is 1120. The number of ether oxygens (including phenoxy) is 1. The molecule has 4 nitrogen and oxygen atoms in total. The van der Waals surface area contributed by atoms with E-state index in [0.717, 1.165) is 22.2 Å². The monoisotopic (exact) mass is 441 g/mol. The quantitative estimate of drug-likeness (QED) is 0.383. The van der Waals surface area contributed by atoms with Crippen molar-refractivity contribution in [2.24, 2.45) is 0 Å². The molecule has 0 radical (unpaired) electrons. The molecule has 4 rings (SSSR count). The number of alkyl halides is 3. The number of nitrogens with zero attached hydrogens (tertiary/aromatic N) is 3. The van der Waals surface area contributed by atoms with E-state index >= 15 is 0 Å². The summed E-state index contributed by atoms with van der Waals surface area (Å²) in [5, 5.41) is 0.958.